The molecule has 2 rings (SSSR count). The minimum absolute atomic E-state index is 0.623. The highest BCUT2D eigenvalue weighted by Crippen LogP contribution is 2.23. The Bertz CT molecular complexity index is 271. The molecule has 1 aromatic heterocycles. The van der Waals surface area contributed by atoms with Gasteiger partial charge < -0.3 is 5.32 Å². The first-order chi connectivity index (χ1) is 6.25. The molecule has 0 aromatic carbocycles. The van der Waals surface area contributed by atoms with E-state index in [1.807, 2.05) is 17.9 Å². The van der Waals surface area contributed by atoms with E-state index in [1.54, 1.807) is 0 Å². The van der Waals surface area contributed by atoms with Crippen LogP contribution < -0.4 is 5.32 Å². The van der Waals surface area contributed by atoms with Crippen molar-refractivity contribution in [2.24, 2.45) is 7.05 Å². The molecule has 3 nitrogen and oxygen atoms in total. The fourth-order valence-corrected chi connectivity index (χ4v) is 1.90. The van der Waals surface area contributed by atoms with E-state index in [1.165, 1.54) is 18.5 Å². The normalized spacial score (nSPS) is 29.1. The van der Waals surface area contributed by atoms with Crippen LogP contribution in [0.2, 0.25) is 0 Å². The lowest BCUT2D eigenvalue weighted by molar-refractivity contribution is 0.379. The van der Waals surface area contributed by atoms with Gasteiger partial charge in [0.2, 0.25) is 0 Å². The summed E-state index contributed by atoms with van der Waals surface area (Å²) in [7, 11) is 1.97. The molecule has 2 atom stereocenters. The minimum atomic E-state index is 0.623. The van der Waals surface area contributed by atoms with Crippen LogP contribution in [0.15, 0.2) is 12.3 Å². The summed E-state index contributed by atoms with van der Waals surface area (Å²) >= 11 is 0. The Hall–Kier alpha value is -0.830. The van der Waals surface area contributed by atoms with Crippen molar-refractivity contribution in [3.05, 3.63) is 18.0 Å². The molecule has 2 unspecified atom stereocenters. The fourth-order valence-electron chi connectivity index (χ4n) is 1.90. The van der Waals surface area contributed by atoms with Crippen molar-refractivity contribution in [3.8, 4) is 0 Å². The van der Waals surface area contributed by atoms with Crippen molar-refractivity contribution in [3.63, 3.8) is 0 Å². The van der Waals surface area contributed by atoms with Gasteiger partial charge in [0.15, 0.2) is 0 Å². The lowest BCUT2D eigenvalue weighted by atomic mass is 9.93. The highest BCUT2D eigenvalue weighted by Gasteiger charge is 2.20. The predicted octanol–water partition coefficient (Wildman–Crippen LogP) is 1.28. The van der Waals surface area contributed by atoms with Crippen molar-refractivity contribution in [1.82, 2.24) is 15.1 Å². The molecule has 1 N–H and O–H groups in total. The van der Waals surface area contributed by atoms with Gasteiger partial charge in [0.05, 0.1) is 5.69 Å². The van der Waals surface area contributed by atoms with E-state index in [2.05, 4.69) is 23.4 Å². The van der Waals surface area contributed by atoms with Crippen LogP contribution in [0.25, 0.3) is 0 Å². The third-order valence-electron chi connectivity index (χ3n) is 2.81. The zero-order valence-corrected chi connectivity index (χ0v) is 8.33. The van der Waals surface area contributed by atoms with Crippen molar-refractivity contribution in [1.29, 1.82) is 0 Å². The molecular formula is C10H17N3. The van der Waals surface area contributed by atoms with Crippen molar-refractivity contribution in [2.45, 2.75) is 31.7 Å². The number of hydrogen-bond acceptors (Lipinski definition) is 2. The Morgan fingerprint density at radius 3 is 2.92 bits per heavy atom. The smallest absolute Gasteiger partial charge is 0.0668 e. The molecule has 72 valence electrons. The Morgan fingerprint density at radius 2 is 2.38 bits per heavy atom. The summed E-state index contributed by atoms with van der Waals surface area (Å²) < 4.78 is 1.88. The standard InChI is InChI=1S/C10H17N3/c1-8-3-4-9(7-11-8)10-5-6-13(2)12-10/h5-6,8-9,11H,3-4,7H2,1-2H3. The zero-order valence-electron chi connectivity index (χ0n) is 8.33. The topological polar surface area (TPSA) is 29.9 Å². The number of aryl methyl sites for hydroxylation is 1. The van der Waals surface area contributed by atoms with E-state index >= 15 is 0 Å². The molecule has 0 radical (unpaired) electrons. The van der Waals surface area contributed by atoms with Crippen molar-refractivity contribution < 1.29 is 0 Å². The van der Waals surface area contributed by atoms with Crippen LogP contribution in [0.3, 0.4) is 0 Å². The van der Waals surface area contributed by atoms with Gasteiger partial charge >= 0.3 is 0 Å². The van der Waals surface area contributed by atoms with Gasteiger partial charge in [-0.05, 0) is 25.8 Å². The largest absolute Gasteiger partial charge is 0.314 e. The summed E-state index contributed by atoms with van der Waals surface area (Å²) in [5, 5.41) is 7.93. The Kier molecular flexibility index (Phi) is 2.36. The molecule has 2 heterocycles. The average molecular weight is 179 g/mol. The van der Waals surface area contributed by atoms with Gasteiger partial charge in [0.25, 0.3) is 0 Å². The minimum Gasteiger partial charge on any atom is -0.314 e. The highest BCUT2D eigenvalue weighted by atomic mass is 15.2. The molecule has 1 aliphatic heterocycles. The van der Waals surface area contributed by atoms with Gasteiger partial charge in [0.1, 0.15) is 0 Å². The van der Waals surface area contributed by atoms with Gasteiger partial charge in [-0.1, -0.05) is 0 Å². The van der Waals surface area contributed by atoms with Crippen LogP contribution in [0.4, 0.5) is 0 Å². The summed E-state index contributed by atoms with van der Waals surface area (Å²) in [4.78, 5) is 0. The van der Waals surface area contributed by atoms with Gasteiger partial charge in [-0.2, -0.15) is 5.10 Å². The molecule has 1 saturated heterocycles. The van der Waals surface area contributed by atoms with Crippen LogP contribution in [-0.4, -0.2) is 22.4 Å². The Morgan fingerprint density at radius 1 is 1.54 bits per heavy atom. The quantitative estimate of drug-likeness (QED) is 0.703. The second-order valence-corrected chi connectivity index (χ2v) is 4.00. The SMILES string of the molecule is CC1CCC(c2ccn(C)n2)CN1. The zero-order chi connectivity index (χ0) is 9.26. The second kappa shape index (κ2) is 3.50. The van der Waals surface area contributed by atoms with Crippen LogP contribution in [0.1, 0.15) is 31.4 Å². The first kappa shape index (κ1) is 8.75. The fraction of sp³-hybridized carbons (Fsp3) is 0.700. The monoisotopic (exact) mass is 179 g/mol. The molecule has 13 heavy (non-hydrogen) atoms. The number of nitrogens with zero attached hydrogens (tertiary/aromatic N) is 2. The molecule has 1 aromatic rings. The first-order valence-corrected chi connectivity index (χ1v) is 4.98. The molecular weight excluding hydrogens is 162 g/mol. The van der Waals surface area contributed by atoms with E-state index in [-0.39, 0.29) is 0 Å². The lowest BCUT2D eigenvalue weighted by Crippen LogP contribution is -2.35. The molecule has 0 bridgehead atoms. The maximum atomic E-state index is 4.44. The summed E-state index contributed by atoms with van der Waals surface area (Å²) in [6, 6.07) is 2.81. The van der Waals surface area contributed by atoms with Crippen LogP contribution in [0, 0.1) is 0 Å². The van der Waals surface area contributed by atoms with Gasteiger partial charge in [0, 0.05) is 31.7 Å². The third-order valence-corrected chi connectivity index (χ3v) is 2.81. The van der Waals surface area contributed by atoms with Crippen molar-refractivity contribution in [2.75, 3.05) is 6.54 Å². The molecule has 0 amide bonds. The highest BCUT2D eigenvalue weighted by molar-refractivity contribution is 5.08. The molecule has 1 fully saturated rings. The molecule has 0 spiro atoms. The van der Waals surface area contributed by atoms with Crippen LogP contribution in [0.5, 0.6) is 0 Å². The van der Waals surface area contributed by atoms with Gasteiger partial charge in [-0.25, -0.2) is 0 Å². The summed E-state index contributed by atoms with van der Waals surface area (Å²) in [5.74, 6) is 0.623. The summed E-state index contributed by atoms with van der Waals surface area (Å²) in [6.45, 7) is 3.33. The molecule has 0 aliphatic carbocycles. The van der Waals surface area contributed by atoms with E-state index in [0.717, 1.165) is 6.54 Å². The number of piperidine rings is 1. The van der Waals surface area contributed by atoms with Gasteiger partial charge in [-0.15, -0.1) is 0 Å². The third kappa shape index (κ3) is 1.91. The summed E-state index contributed by atoms with van der Waals surface area (Å²) in [6.07, 6.45) is 4.56. The van der Waals surface area contributed by atoms with E-state index in [0.29, 0.717) is 12.0 Å². The number of hydrogen-bond donors (Lipinski definition) is 1. The maximum absolute atomic E-state index is 4.44. The van der Waals surface area contributed by atoms with Crippen molar-refractivity contribution >= 4 is 0 Å². The van der Waals surface area contributed by atoms with E-state index < -0.39 is 0 Å². The van der Waals surface area contributed by atoms with E-state index in [4.69, 9.17) is 0 Å². The first-order valence-electron chi connectivity index (χ1n) is 4.98. The number of nitrogens with one attached hydrogen (secondary N) is 1. The molecule has 3 heteroatoms. The Labute approximate surface area is 79.1 Å². The maximum Gasteiger partial charge on any atom is 0.0668 e. The number of aromatic nitrogens is 2. The number of rotatable bonds is 1. The van der Waals surface area contributed by atoms with E-state index in [9.17, 15) is 0 Å². The van der Waals surface area contributed by atoms with Crippen LogP contribution >= 0.6 is 0 Å². The Balaban J connectivity index is 2.02. The average Bonchev–Trinajstić information content (AvgIpc) is 2.53. The second-order valence-electron chi connectivity index (χ2n) is 4.00. The predicted molar refractivity (Wildman–Crippen MR) is 52.6 cm³/mol. The lowest BCUT2D eigenvalue weighted by Gasteiger charge is -2.26. The van der Waals surface area contributed by atoms with Gasteiger partial charge in [-0.3, -0.25) is 4.68 Å². The molecule has 0 saturated carbocycles. The van der Waals surface area contributed by atoms with Crippen LogP contribution in [-0.2, 0) is 7.05 Å². The summed E-state index contributed by atoms with van der Waals surface area (Å²) in [5.41, 5.74) is 1.24. The molecule has 1 aliphatic rings.